The topological polar surface area (TPSA) is 41.4 Å². The number of hydrogen-bond donors (Lipinski definition) is 0. The monoisotopic (exact) mass is 354 g/mol. The second-order valence-electron chi connectivity index (χ2n) is 7.66. The summed E-state index contributed by atoms with van der Waals surface area (Å²) in [7, 11) is 1.87. The van der Waals surface area contributed by atoms with Crippen molar-refractivity contribution < 1.29 is 4.79 Å². The van der Waals surface area contributed by atoms with E-state index in [9.17, 15) is 4.79 Å². The first kappa shape index (κ1) is 18.5. The molecule has 140 valence electrons. The van der Waals surface area contributed by atoms with Crippen LogP contribution in [-0.2, 0) is 13.5 Å². The van der Waals surface area contributed by atoms with Gasteiger partial charge in [-0.15, -0.1) is 0 Å². The molecule has 0 N–H and O–H groups in total. The van der Waals surface area contributed by atoms with Crippen molar-refractivity contribution in [1.29, 1.82) is 0 Å². The maximum Gasteiger partial charge on any atom is 0.272 e. The molecule has 0 radical (unpaired) electrons. The third-order valence-electron chi connectivity index (χ3n) is 5.01. The molecule has 1 aliphatic heterocycles. The molecule has 26 heavy (non-hydrogen) atoms. The largest absolute Gasteiger partial charge is 0.369 e. The summed E-state index contributed by atoms with van der Waals surface area (Å²) in [5, 5.41) is 4.52. The average molecular weight is 354 g/mol. The van der Waals surface area contributed by atoms with Crippen LogP contribution in [0.25, 0.3) is 0 Å². The van der Waals surface area contributed by atoms with E-state index in [2.05, 4.69) is 55.0 Å². The average Bonchev–Trinajstić information content (AvgIpc) is 2.81. The van der Waals surface area contributed by atoms with Gasteiger partial charge < -0.3 is 9.80 Å². The number of para-hydroxylation sites is 1. The van der Waals surface area contributed by atoms with Gasteiger partial charge in [0.2, 0.25) is 0 Å². The van der Waals surface area contributed by atoms with Gasteiger partial charge in [-0.05, 0) is 43.4 Å². The molecule has 0 spiro atoms. The van der Waals surface area contributed by atoms with E-state index in [0.29, 0.717) is 11.6 Å². The smallest absolute Gasteiger partial charge is 0.272 e. The minimum absolute atomic E-state index is 0.0987. The van der Waals surface area contributed by atoms with Crippen LogP contribution in [0.3, 0.4) is 0 Å². The van der Waals surface area contributed by atoms with E-state index in [4.69, 9.17) is 0 Å². The number of carbonyl (C=O) groups is 1. The Morgan fingerprint density at radius 2 is 1.92 bits per heavy atom. The Morgan fingerprint density at radius 1 is 1.15 bits per heavy atom. The maximum atomic E-state index is 13.0. The Labute approximate surface area is 156 Å². The Hall–Kier alpha value is -2.30. The fourth-order valence-corrected chi connectivity index (χ4v) is 3.69. The summed E-state index contributed by atoms with van der Waals surface area (Å²) in [6.07, 6.45) is 1.89. The summed E-state index contributed by atoms with van der Waals surface area (Å²) >= 11 is 0. The van der Waals surface area contributed by atoms with E-state index in [-0.39, 0.29) is 5.91 Å². The lowest BCUT2D eigenvalue weighted by molar-refractivity contribution is 0.0756. The van der Waals surface area contributed by atoms with Crippen LogP contribution < -0.4 is 4.90 Å². The number of hydrogen-bond acceptors (Lipinski definition) is 3. The van der Waals surface area contributed by atoms with Crippen molar-refractivity contribution in [2.24, 2.45) is 13.0 Å². The van der Waals surface area contributed by atoms with Crippen LogP contribution >= 0.6 is 0 Å². The van der Waals surface area contributed by atoms with Gasteiger partial charge >= 0.3 is 0 Å². The van der Waals surface area contributed by atoms with Gasteiger partial charge in [0.1, 0.15) is 5.69 Å². The SMILES string of the molecule is Cc1ccccc1N1CCCN(C(=O)c2cc(CC(C)C)nn2C)CC1. The summed E-state index contributed by atoms with van der Waals surface area (Å²) in [5.74, 6) is 0.635. The third kappa shape index (κ3) is 4.09. The van der Waals surface area contributed by atoms with Crippen molar-refractivity contribution in [3.63, 3.8) is 0 Å². The second kappa shape index (κ2) is 7.94. The van der Waals surface area contributed by atoms with Crippen LogP contribution in [0.2, 0.25) is 0 Å². The lowest BCUT2D eigenvalue weighted by Crippen LogP contribution is -2.36. The molecule has 5 heteroatoms. The molecule has 1 aromatic carbocycles. The molecule has 5 nitrogen and oxygen atoms in total. The predicted molar refractivity (Wildman–Crippen MR) is 106 cm³/mol. The molecule has 0 atom stereocenters. The first-order chi connectivity index (χ1) is 12.5. The zero-order chi connectivity index (χ0) is 18.7. The highest BCUT2D eigenvalue weighted by molar-refractivity contribution is 5.92. The van der Waals surface area contributed by atoms with E-state index in [1.165, 1.54) is 11.3 Å². The molecule has 3 rings (SSSR count). The molecule has 1 aliphatic rings. The van der Waals surface area contributed by atoms with Crippen LogP contribution in [-0.4, -0.2) is 46.8 Å². The molecular weight excluding hydrogens is 324 g/mol. The number of anilines is 1. The van der Waals surface area contributed by atoms with Gasteiger partial charge in [-0.3, -0.25) is 9.48 Å². The zero-order valence-corrected chi connectivity index (χ0v) is 16.4. The van der Waals surface area contributed by atoms with Gasteiger partial charge in [-0.25, -0.2) is 0 Å². The van der Waals surface area contributed by atoms with Crippen molar-refractivity contribution in [2.75, 3.05) is 31.1 Å². The van der Waals surface area contributed by atoms with Crippen LogP contribution in [0.15, 0.2) is 30.3 Å². The van der Waals surface area contributed by atoms with Gasteiger partial charge in [0.05, 0.1) is 5.69 Å². The number of aromatic nitrogens is 2. The molecular formula is C21H30N4O. The van der Waals surface area contributed by atoms with Gasteiger partial charge in [-0.2, -0.15) is 5.10 Å². The van der Waals surface area contributed by atoms with Crippen molar-refractivity contribution in [1.82, 2.24) is 14.7 Å². The molecule has 1 aromatic heterocycles. The number of benzene rings is 1. The number of carbonyl (C=O) groups excluding carboxylic acids is 1. The van der Waals surface area contributed by atoms with Crippen molar-refractivity contribution in [3.8, 4) is 0 Å². The molecule has 0 unspecified atom stereocenters. The summed E-state index contributed by atoms with van der Waals surface area (Å²) in [6.45, 7) is 9.89. The van der Waals surface area contributed by atoms with E-state index >= 15 is 0 Å². The Bertz CT molecular complexity index is 765. The highest BCUT2D eigenvalue weighted by atomic mass is 16.2. The highest BCUT2D eigenvalue weighted by Crippen LogP contribution is 2.21. The van der Waals surface area contributed by atoms with E-state index < -0.39 is 0 Å². The summed E-state index contributed by atoms with van der Waals surface area (Å²) in [4.78, 5) is 17.4. The molecule has 0 bridgehead atoms. The van der Waals surface area contributed by atoms with Crippen LogP contribution in [0.1, 0.15) is 42.0 Å². The molecule has 1 fully saturated rings. The van der Waals surface area contributed by atoms with Gasteiger partial charge in [0.15, 0.2) is 0 Å². The van der Waals surface area contributed by atoms with Crippen LogP contribution in [0, 0.1) is 12.8 Å². The number of rotatable bonds is 4. The maximum absolute atomic E-state index is 13.0. The normalized spacial score (nSPS) is 15.4. The zero-order valence-electron chi connectivity index (χ0n) is 16.4. The lowest BCUT2D eigenvalue weighted by atomic mass is 10.1. The fraction of sp³-hybridized carbons (Fsp3) is 0.524. The first-order valence-electron chi connectivity index (χ1n) is 9.58. The molecule has 1 saturated heterocycles. The molecule has 0 aliphatic carbocycles. The van der Waals surface area contributed by atoms with Gasteiger partial charge in [0, 0.05) is 38.9 Å². The van der Waals surface area contributed by atoms with Crippen molar-refractivity contribution >= 4 is 11.6 Å². The lowest BCUT2D eigenvalue weighted by Gasteiger charge is -2.25. The number of amides is 1. The van der Waals surface area contributed by atoms with Gasteiger partial charge in [0.25, 0.3) is 5.91 Å². The standard InChI is InChI=1S/C21H30N4O/c1-16(2)14-18-15-20(23(4)22-18)21(26)25-11-7-10-24(12-13-25)19-9-6-5-8-17(19)3/h5-6,8-9,15-16H,7,10-14H2,1-4H3. The van der Waals surface area contributed by atoms with Gasteiger partial charge in [-0.1, -0.05) is 32.0 Å². The minimum Gasteiger partial charge on any atom is -0.369 e. The Morgan fingerprint density at radius 3 is 2.65 bits per heavy atom. The van der Waals surface area contributed by atoms with E-state index in [0.717, 1.165) is 44.7 Å². The molecule has 0 saturated carbocycles. The third-order valence-corrected chi connectivity index (χ3v) is 5.01. The highest BCUT2D eigenvalue weighted by Gasteiger charge is 2.23. The predicted octanol–water partition coefficient (Wildman–Crippen LogP) is 3.28. The van der Waals surface area contributed by atoms with E-state index in [1.54, 1.807) is 4.68 Å². The van der Waals surface area contributed by atoms with Crippen LogP contribution in [0.5, 0.6) is 0 Å². The summed E-state index contributed by atoms with van der Waals surface area (Å²) in [6, 6.07) is 10.4. The minimum atomic E-state index is 0.0987. The summed E-state index contributed by atoms with van der Waals surface area (Å²) in [5.41, 5.74) is 4.27. The Kier molecular flexibility index (Phi) is 5.64. The Balaban J connectivity index is 1.70. The molecule has 1 amide bonds. The second-order valence-corrected chi connectivity index (χ2v) is 7.66. The van der Waals surface area contributed by atoms with Crippen LogP contribution in [0.4, 0.5) is 5.69 Å². The van der Waals surface area contributed by atoms with Crippen molar-refractivity contribution in [3.05, 3.63) is 47.3 Å². The van der Waals surface area contributed by atoms with E-state index in [1.807, 2.05) is 18.0 Å². The molecule has 2 heterocycles. The van der Waals surface area contributed by atoms with Crippen molar-refractivity contribution in [2.45, 2.75) is 33.6 Å². The first-order valence-corrected chi connectivity index (χ1v) is 9.58. The summed E-state index contributed by atoms with van der Waals surface area (Å²) < 4.78 is 1.74. The molecule has 2 aromatic rings. The number of aryl methyl sites for hydroxylation is 2. The fourth-order valence-electron chi connectivity index (χ4n) is 3.69. The quantitative estimate of drug-likeness (QED) is 0.846. The number of nitrogens with zero attached hydrogens (tertiary/aromatic N) is 4.